The highest BCUT2D eigenvalue weighted by Gasteiger charge is 2.02. The van der Waals surface area contributed by atoms with Gasteiger partial charge in [0.25, 0.3) is 0 Å². The maximum Gasteiger partial charge on any atom is -0.00187 e. The molecule has 0 bridgehead atoms. The molecule has 0 heterocycles. The van der Waals surface area contributed by atoms with Gasteiger partial charge in [0.1, 0.15) is 0 Å². The van der Waals surface area contributed by atoms with Crippen LogP contribution in [0.5, 0.6) is 0 Å². The largest absolute Gasteiger partial charge is 0.330 e. The predicted molar refractivity (Wildman–Crippen MR) is 73.8 cm³/mol. The second-order valence-electron chi connectivity index (χ2n) is 4.75. The van der Waals surface area contributed by atoms with Crippen molar-refractivity contribution in [3.63, 3.8) is 0 Å². The van der Waals surface area contributed by atoms with Crippen molar-refractivity contribution in [3.8, 4) is 0 Å². The molecule has 0 rings (SSSR count). The van der Waals surface area contributed by atoms with Gasteiger partial charge in [-0.15, -0.1) is 0 Å². The molecule has 98 valence electrons. The number of unbranched alkanes of at least 4 members (excludes halogenated alkanes) is 5. The Hall–Kier alpha value is -0.0800. The molecule has 0 saturated heterocycles. The van der Waals surface area contributed by atoms with Gasteiger partial charge in [-0.3, -0.25) is 0 Å². The van der Waals surface area contributed by atoms with Gasteiger partial charge in [-0.25, -0.2) is 0 Å². The minimum Gasteiger partial charge on any atom is -0.330 e. The first-order valence-corrected chi connectivity index (χ1v) is 7.27. The quantitative estimate of drug-likeness (QED) is 0.519. The van der Waals surface area contributed by atoms with Gasteiger partial charge in [-0.1, -0.05) is 39.5 Å². The summed E-state index contributed by atoms with van der Waals surface area (Å²) >= 11 is 0. The van der Waals surface area contributed by atoms with Gasteiger partial charge in [0.05, 0.1) is 0 Å². The van der Waals surface area contributed by atoms with E-state index in [0.29, 0.717) is 0 Å². The van der Waals surface area contributed by atoms with Gasteiger partial charge in [-0.05, 0) is 51.9 Å². The van der Waals surface area contributed by atoms with E-state index in [2.05, 4.69) is 18.7 Å². The van der Waals surface area contributed by atoms with Crippen LogP contribution in [-0.4, -0.2) is 31.1 Å². The highest BCUT2D eigenvalue weighted by atomic mass is 15.1. The highest BCUT2D eigenvalue weighted by Crippen LogP contribution is 2.04. The first-order valence-electron chi connectivity index (χ1n) is 7.27. The monoisotopic (exact) mass is 228 g/mol. The molecule has 0 unspecified atom stereocenters. The van der Waals surface area contributed by atoms with Crippen LogP contribution in [0.25, 0.3) is 0 Å². The second kappa shape index (κ2) is 13.0. The minimum absolute atomic E-state index is 0.857. The first kappa shape index (κ1) is 15.9. The number of nitrogens with zero attached hydrogens (tertiary/aromatic N) is 1. The van der Waals surface area contributed by atoms with Crippen LogP contribution >= 0.6 is 0 Å². The molecule has 16 heavy (non-hydrogen) atoms. The van der Waals surface area contributed by atoms with Crippen molar-refractivity contribution in [2.75, 3.05) is 26.2 Å². The Labute approximate surface area is 103 Å². The summed E-state index contributed by atoms with van der Waals surface area (Å²) in [4.78, 5) is 2.65. The zero-order chi connectivity index (χ0) is 12.1. The summed E-state index contributed by atoms with van der Waals surface area (Å²) in [7, 11) is 0. The van der Waals surface area contributed by atoms with E-state index in [9.17, 15) is 0 Å². The SMILES string of the molecule is CCCCN(CCCC)CCCCCCN. The lowest BCUT2D eigenvalue weighted by Gasteiger charge is -2.21. The van der Waals surface area contributed by atoms with E-state index < -0.39 is 0 Å². The van der Waals surface area contributed by atoms with E-state index in [-0.39, 0.29) is 0 Å². The zero-order valence-corrected chi connectivity index (χ0v) is 11.5. The molecule has 0 saturated carbocycles. The Morgan fingerprint density at radius 2 is 1.19 bits per heavy atom. The molecule has 0 aromatic rings. The van der Waals surface area contributed by atoms with Crippen molar-refractivity contribution in [3.05, 3.63) is 0 Å². The smallest absolute Gasteiger partial charge is 0.00187 e. The summed E-state index contributed by atoms with van der Waals surface area (Å²) in [5, 5.41) is 0. The topological polar surface area (TPSA) is 29.3 Å². The molecule has 0 amide bonds. The molecule has 0 aromatic carbocycles. The third kappa shape index (κ3) is 10.4. The zero-order valence-electron chi connectivity index (χ0n) is 11.5. The van der Waals surface area contributed by atoms with Gasteiger partial charge >= 0.3 is 0 Å². The summed E-state index contributed by atoms with van der Waals surface area (Å²) in [6, 6.07) is 0. The van der Waals surface area contributed by atoms with Crippen molar-refractivity contribution in [2.45, 2.75) is 65.2 Å². The normalized spacial score (nSPS) is 11.2. The molecule has 0 spiro atoms. The Morgan fingerprint density at radius 1 is 0.688 bits per heavy atom. The molecule has 2 heteroatoms. The lowest BCUT2D eigenvalue weighted by atomic mass is 10.1. The van der Waals surface area contributed by atoms with Crippen LogP contribution in [0.15, 0.2) is 0 Å². The molecule has 0 aliphatic rings. The molecule has 0 radical (unpaired) electrons. The molecule has 2 nitrogen and oxygen atoms in total. The number of nitrogens with two attached hydrogens (primary N) is 1. The van der Waals surface area contributed by atoms with Crippen molar-refractivity contribution >= 4 is 0 Å². The van der Waals surface area contributed by atoms with E-state index in [1.807, 2.05) is 0 Å². The highest BCUT2D eigenvalue weighted by molar-refractivity contribution is 4.58. The van der Waals surface area contributed by atoms with Crippen LogP contribution in [0, 0.1) is 0 Å². The fraction of sp³-hybridized carbons (Fsp3) is 1.00. The lowest BCUT2D eigenvalue weighted by Crippen LogP contribution is -2.27. The molecule has 2 N–H and O–H groups in total. The molecule has 0 aromatic heterocycles. The average Bonchev–Trinajstić information content (AvgIpc) is 2.31. The number of hydrogen-bond donors (Lipinski definition) is 1. The maximum absolute atomic E-state index is 5.49. The van der Waals surface area contributed by atoms with Crippen LogP contribution in [0.2, 0.25) is 0 Å². The van der Waals surface area contributed by atoms with E-state index >= 15 is 0 Å². The van der Waals surface area contributed by atoms with Crippen LogP contribution < -0.4 is 5.73 Å². The maximum atomic E-state index is 5.49. The van der Waals surface area contributed by atoms with Gasteiger partial charge in [0.2, 0.25) is 0 Å². The summed E-state index contributed by atoms with van der Waals surface area (Å²) in [6.45, 7) is 9.30. The second-order valence-corrected chi connectivity index (χ2v) is 4.75. The molecular formula is C14H32N2. The van der Waals surface area contributed by atoms with Gasteiger partial charge in [0.15, 0.2) is 0 Å². The Morgan fingerprint density at radius 3 is 1.69 bits per heavy atom. The van der Waals surface area contributed by atoms with Crippen LogP contribution in [0.3, 0.4) is 0 Å². The Bertz CT molecular complexity index is 118. The van der Waals surface area contributed by atoms with E-state index in [1.165, 1.54) is 71.0 Å². The van der Waals surface area contributed by atoms with Crippen LogP contribution in [-0.2, 0) is 0 Å². The van der Waals surface area contributed by atoms with Gasteiger partial charge < -0.3 is 10.6 Å². The van der Waals surface area contributed by atoms with Crippen molar-refractivity contribution in [2.24, 2.45) is 5.73 Å². The van der Waals surface area contributed by atoms with Crippen molar-refractivity contribution in [1.29, 1.82) is 0 Å². The van der Waals surface area contributed by atoms with E-state index in [0.717, 1.165) is 6.54 Å². The first-order chi connectivity index (χ1) is 7.85. The number of hydrogen-bond acceptors (Lipinski definition) is 2. The van der Waals surface area contributed by atoms with Crippen LogP contribution in [0.4, 0.5) is 0 Å². The van der Waals surface area contributed by atoms with E-state index in [4.69, 9.17) is 5.73 Å². The van der Waals surface area contributed by atoms with E-state index in [1.54, 1.807) is 0 Å². The molecule has 0 aliphatic carbocycles. The minimum atomic E-state index is 0.857. The van der Waals surface area contributed by atoms with Gasteiger partial charge in [0, 0.05) is 0 Å². The number of rotatable bonds is 12. The lowest BCUT2D eigenvalue weighted by molar-refractivity contribution is 0.259. The molecule has 0 atom stereocenters. The Kier molecular flexibility index (Phi) is 12.9. The Balaban J connectivity index is 3.48. The summed E-state index contributed by atoms with van der Waals surface area (Å²) in [5.41, 5.74) is 5.49. The predicted octanol–water partition coefficient (Wildman–Crippen LogP) is 3.41. The summed E-state index contributed by atoms with van der Waals surface area (Å²) < 4.78 is 0. The fourth-order valence-electron chi connectivity index (χ4n) is 1.93. The van der Waals surface area contributed by atoms with Crippen molar-refractivity contribution in [1.82, 2.24) is 4.90 Å². The van der Waals surface area contributed by atoms with Gasteiger partial charge in [-0.2, -0.15) is 0 Å². The summed E-state index contributed by atoms with van der Waals surface area (Å²) in [6.07, 6.45) is 10.6. The molecule has 0 aliphatic heterocycles. The fourth-order valence-corrected chi connectivity index (χ4v) is 1.93. The standard InChI is InChI=1S/C14H32N2/c1-3-5-12-16(13-6-4-2)14-10-8-7-9-11-15/h3-15H2,1-2H3. The summed E-state index contributed by atoms with van der Waals surface area (Å²) in [5.74, 6) is 0. The third-order valence-electron chi connectivity index (χ3n) is 3.08. The van der Waals surface area contributed by atoms with Crippen LogP contribution in [0.1, 0.15) is 65.2 Å². The van der Waals surface area contributed by atoms with Crippen molar-refractivity contribution < 1.29 is 0 Å². The molecular weight excluding hydrogens is 196 g/mol. The molecule has 0 fully saturated rings. The third-order valence-corrected chi connectivity index (χ3v) is 3.08. The average molecular weight is 228 g/mol.